The third kappa shape index (κ3) is 1.58. The number of nitrogens with zero attached hydrogens (tertiary/aromatic N) is 2. The molecule has 0 saturated carbocycles. The van der Waals surface area contributed by atoms with Crippen molar-refractivity contribution in [2.45, 2.75) is 45.2 Å². The number of aromatic nitrogens is 1. The fourth-order valence-corrected chi connectivity index (χ4v) is 2.34. The Kier molecular flexibility index (Phi) is 2.30. The Bertz CT molecular complexity index is 243. The van der Waals surface area contributed by atoms with E-state index < -0.39 is 0 Å². The molecule has 2 heterocycles. The summed E-state index contributed by atoms with van der Waals surface area (Å²) in [7, 11) is 0. The van der Waals surface area contributed by atoms with Crippen LogP contribution in [-0.2, 0) is 0 Å². The monoisotopic (exact) mass is 178 g/mol. The van der Waals surface area contributed by atoms with Crippen LogP contribution in [0.25, 0.3) is 0 Å². The minimum atomic E-state index is 0.677. The van der Waals surface area contributed by atoms with Crippen LogP contribution in [0.5, 0.6) is 0 Å². The predicted octanol–water partition coefficient (Wildman–Crippen LogP) is 2.39. The van der Waals surface area contributed by atoms with Crippen molar-refractivity contribution < 1.29 is 0 Å². The molecule has 2 heteroatoms. The number of piperidine rings is 1. The second-order valence-corrected chi connectivity index (χ2v) is 4.07. The maximum Gasteiger partial charge on any atom is 0.0429 e. The number of rotatable bonds is 1. The molecule has 2 rings (SSSR count). The molecule has 1 aliphatic rings. The van der Waals surface area contributed by atoms with Gasteiger partial charge in [-0.1, -0.05) is 0 Å². The van der Waals surface area contributed by atoms with E-state index in [-0.39, 0.29) is 0 Å². The maximum atomic E-state index is 2.48. The first-order chi connectivity index (χ1) is 6.29. The van der Waals surface area contributed by atoms with E-state index in [1.807, 2.05) is 0 Å². The highest BCUT2D eigenvalue weighted by Crippen LogP contribution is 2.20. The third-order valence-electron chi connectivity index (χ3n) is 3.00. The third-order valence-corrected chi connectivity index (χ3v) is 3.00. The van der Waals surface area contributed by atoms with E-state index in [4.69, 9.17) is 0 Å². The summed E-state index contributed by atoms with van der Waals surface area (Å²) in [5, 5.41) is 2.48. The van der Waals surface area contributed by atoms with Gasteiger partial charge < -0.3 is 5.01 Å². The van der Waals surface area contributed by atoms with E-state index in [0.717, 1.165) is 0 Å². The van der Waals surface area contributed by atoms with Gasteiger partial charge in [0.05, 0.1) is 0 Å². The van der Waals surface area contributed by atoms with E-state index in [0.29, 0.717) is 12.1 Å². The summed E-state index contributed by atoms with van der Waals surface area (Å²) in [6, 6.07) is 5.54. The predicted molar refractivity (Wildman–Crippen MR) is 55.4 cm³/mol. The SMILES string of the molecule is CC1CCCC(C)N1n1cccc1. The van der Waals surface area contributed by atoms with Gasteiger partial charge in [0.2, 0.25) is 0 Å². The Hall–Kier alpha value is -0.920. The summed E-state index contributed by atoms with van der Waals surface area (Å²) in [4.78, 5) is 0. The first-order valence-electron chi connectivity index (χ1n) is 5.20. The molecular formula is C11H18N2. The van der Waals surface area contributed by atoms with Gasteiger partial charge in [-0.05, 0) is 45.2 Å². The van der Waals surface area contributed by atoms with Gasteiger partial charge in [0.1, 0.15) is 0 Å². The van der Waals surface area contributed by atoms with E-state index in [9.17, 15) is 0 Å². The Labute approximate surface area is 80.1 Å². The molecule has 13 heavy (non-hydrogen) atoms. The van der Waals surface area contributed by atoms with Crippen molar-refractivity contribution in [1.29, 1.82) is 0 Å². The lowest BCUT2D eigenvalue weighted by atomic mass is 10.00. The molecule has 1 fully saturated rings. The van der Waals surface area contributed by atoms with Gasteiger partial charge >= 0.3 is 0 Å². The lowest BCUT2D eigenvalue weighted by Crippen LogP contribution is -2.50. The van der Waals surface area contributed by atoms with Crippen LogP contribution in [0.2, 0.25) is 0 Å². The summed E-state index contributed by atoms with van der Waals surface area (Å²) in [6.45, 7) is 4.63. The fraction of sp³-hybridized carbons (Fsp3) is 0.636. The molecule has 1 aromatic heterocycles. The molecule has 2 atom stereocenters. The van der Waals surface area contributed by atoms with E-state index in [1.54, 1.807) is 0 Å². The van der Waals surface area contributed by atoms with Crippen LogP contribution in [-0.4, -0.2) is 16.8 Å². The van der Waals surface area contributed by atoms with Gasteiger partial charge in [-0.15, -0.1) is 0 Å². The lowest BCUT2D eigenvalue weighted by Gasteiger charge is -2.41. The molecule has 72 valence electrons. The molecule has 0 aliphatic carbocycles. The zero-order valence-electron chi connectivity index (χ0n) is 8.48. The second-order valence-electron chi connectivity index (χ2n) is 4.07. The molecule has 0 aromatic carbocycles. The van der Waals surface area contributed by atoms with Crippen LogP contribution in [0, 0.1) is 0 Å². The molecule has 0 radical (unpaired) electrons. The largest absolute Gasteiger partial charge is 0.308 e. The summed E-state index contributed by atoms with van der Waals surface area (Å²) >= 11 is 0. The molecule has 1 aliphatic heterocycles. The van der Waals surface area contributed by atoms with Crippen molar-refractivity contribution in [3.05, 3.63) is 24.5 Å². The summed E-state index contributed by atoms with van der Waals surface area (Å²) in [6.07, 6.45) is 8.29. The van der Waals surface area contributed by atoms with Crippen LogP contribution in [0.3, 0.4) is 0 Å². The average Bonchev–Trinajstić information content (AvgIpc) is 2.57. The van der Waals surface area contributed by atoms with Gasteiger partial charge in [0.25, 0.3) is 0 Å². The van der Waals surface area contributed by atoms with Gasteiger partial charge in [0, 0.05) is 24.5 Å². The Balaban J connectivity index is 2.19. The molecule has 0 spiro atoms. The second kappa shape index (κ2) is 3.44. The molecule has 1 aromatic rings. The quantitative estimate of drug-likeness (QED) is 0.641. The lowest BCUT2D eigenvalue weighted by molar-refractivity contribution is 0.337. The van der Waals surface area contributed by atoms with Crippen LogP contribution in [0.1, 0.15) is 33.1 Å². The zero-order valence-corrected chi connectivity index (χ0v) is 8.48. The normalized spacial score (nSPS) is 29.2. The van der Waals surface area contributed by atoms with Gasteiger partial charge in [0.15, 0.2) is 0 Å². The summed E-state index contributed by atoms with van der Waals surface area (Å²) in [5.41, 5.74) is 0. The number of hydrogen-bond donors (Lipinski definition) is 0. The smallest absolute Gasteiger partial charge is 0.0429 e. The first kappa shape index (κ1) is 8.67. The highest BCUT2D eigenvalue weighted by atomic mass is 15.6. The molecular weight excluding hydrogens is 160 g/mol. The molecule has 1 saturated heterocycles. The van der Waals surface area contributed by atoms with E-state index >= 15 is 0 Å². The van der Waals surface area contributed by atoms with E-state index in [2.05, 4.69) is 48.1 Å². The van der Waals surface area contributed by atoms with Crippen molar-refractivity contribution in [3.63, 3.8) is 0 Å². The minimum Gasteiger partial charge on any atom is -0.308 e. The minimum absolute atomic E-state index is 0.677. The van der Waals surface area contributed by atoms with Crippen molar-refractivity contribution in [2.24, 2.45) is 0 Å². The number of hydrogen-bond acceptors (Lipinski definition) is 1. The highest BCUT2D eigenvalue weighted by molar-refractivity contribution is 5.04. The van der Waals surface area contributed by atoms with Crippen molar-refractivity contribution in [3.8, 4) is 0 Å². The van der Waals surface area contributed by atoms with Crippen molar-refractivity contribution >= 4 is 0 Å². The van der Waals surface area contributed by atoms with Crippen LogP contribution in [0.4, 0.5) is 0 Å². The average molecular weight is 178 g/mol. The Morgan fingerprint density at radius 3 is 2.08 bits per heavy atom. The van der Waals surface area contributed by atoms with Crippen LogP contribution >= 0.6 is 0 Å². The Morgan fingerprint density at radius 1 is 1.00 bits per heavy atom. The van der Waals surface area contributed by atoms with E-state index in [1.165, 1.54) is 19.3 Å². The van der Waals surface area contributed by atoms with Crippen molar-refractivity contribution in [1.82, 2.24) is 4.68 Å². The summed E-state index contributed by atoms with van der Waals surface area (Å²) < 4.78 is 2.23. The van der Waals surface area contributed by atoms with Gasteiger partial charge in [-0.25, -0.2) is 0 Å². The van der Waals surface area contributed by atoms with Crippen LogP contribution in [0.15, 0.2) is 24.5 Å². The summed E-state index contributed by atoms with van der Waals surface area (Å²) in [5.74, 6) is 0. The van der Waals surface area contributed by atoms with Crippen LogP contribution < -0.4 is 5.01 Å². The molecule has 0 N–H and O–H groups in total. The topological polar surface area (TPSA) is 8.17 Å². The van der Waals surface area contributed by atoms with Gasteiger partial charge in [-0.2, -0.15) is 0 Å². The zero-order chi connectivity index (χ0) is 9.26. The highest BCUT2D eigenvalue weighted by Gasteiger charge is 2.23. The fourth-order valence-electron chi connectivity index (χ4n) is 2.34. The Morgan fingerprint density at radius 2 is 1.54 bits per heavy atom. The molecule has 0 amide bonds. The first-order valence-corrected chi connectivity index (χ1v) is 5.20. The standard InChI is InChI=1S/C11H18N2/c1-10-6-5-7-11(2)13(10)12-8-3-4-9-12/h3-4,8-11H,5-7H2,1-2H3. The molecule has 2 unspecified atom stereocenters. The van der Waals surface area contributed by atoms with Gasteiger partial charge in [-0.3, -0.25) is 4.68 Å². The maximum absolute atomic E-state index is 2.48. The molecule has 2 nitrogen and oxygen atoms in total. The molecule has 0 bridgehead atoms. The van der Waals surface area contributed by atoms with Crippen molar-refractivity contribution in [2.75, 3.05) is 5.01 Å².